The van der Waals surface area contributed by atoms with Crippen LogP contribution in [-0.4, -0.2) is 38.4 Å². The molecule has 0 saturated carbocycles. The lowest BCUT2D eigenvalue weighted by atomic mass is 10.1. The lowest BCUT2D eigenvalue weighted by molar-refractivity contribution is -0.118. The van der Waals surface area contributed by atoms with Gasteiger partial charge in [0.25, 0.3) is 0 Å². The highest BCUT2D eigenvalue weighted by Gasteiger charge is 2.11. The first kappa shape index (κ1) is 15.7. The number of hydrogen-bond donors (Lipinski definition) is 2. The number of nitrogens with zero attached hydrogens (tertiary/aromatic N) is 3. The second-order valence-electron chi connectivity index (χ2n) is 5.29. The molecule has 3 rings (SSSR count). The van der Waals surface area contributed by atoms with Gasteiger partial charge in [0, 0.05) is 17.4 Å². The number of fused-ring (bicyclic) bond motifs is 3. The van der Waals surface area contributed by atoms with Crippen molar-refractivity contribution in [3.8, 4) is 0 Å². The van der Waals surface area contributed by atoms with Gasteiger partial charge in [0.1, 0.15) is 5.52 Å². The van der Waals surface area contributed by atoms with Crippen molar-refractivity contribution in [2.24, 2.45) is 0 Å². The molecule has 0 spiro atoms. The van der Waals surface area contributed by atoms with Crippen LogP contribution in [0.3, 0.4) is 0 Å². The Morgan fingerprint density at radius 3 is 2.96 bits per heavy atom. The van der Waals surface area contributed by atoms with Gasteiger partial charge in [0.05, 0.1) is 5.75 Å². The number of aromatic nitrogens is 4. The van der Waals surface area contributed by atoms with E-state index in [9.17, 15) is 4.79 Å². The minimum absolute atomic E-state index is 0.00946. The van der Waals surface area contributed by atoms with Gasteiger partial charge in [0.15, 0.2) is 5.65 Å². The van der Waals surface area contributed by atoms with Crippen LogP contribution < -0.4 is 5.32 Å². The summed E-state index contributed by atoms with van der Waals surface area (Å²) in [5, 5.41) is 12.8. The van der Waals surface area contributed by atoms with E-state index < -0.39 is 0 Å². The second-order valence-corrected chi connectivity index (χ2v) is 6.23. The van der Waals surface area contributed by atoms with Crippen LogP contribution in [0.25, 0.3) is 22.1 Å². The topological polar surface area (TPSA) is 83.6 Å². The molecule has 0 saturated heterocycles. The molecule has 0 aliphatic heterocycles. The Hall–Kier alpha value is -2.15. The van der Waals surface area contributed by atoms with Crippen molar-refractivity contribution < 1.29 is 4.79 Å². The van der Waals surface area contributed by atoms with Crippen molar-refractivity contribution >= 4 is 39.7 Å². The van der Waals surface area contributed by atoms with Gasteiger partial charge in [0.2, 0.25) is 11.1 Å². The molecule has 2 heterocycles. The zero-order chi connectivity index (χ0) is 16.2. The number of carbonyl (C=O) groups is 1. The van der Waals surface area contributed by atoms with Gasteiger partial charge >= 0.3 is 0 Å². The molecule has 2 N–H and O–H groups in total. The van der Waals surface area contributed by atoms with E-state index in [1.165, 1.54) is 17.3 Å². The van der Waals surface area contributed by atoms with Gasteiger partial charge in [-0.15, -0.1) is 10.2 Å². The summed E-state index contributed by atoms with van der Waals surface area (Å²) in [7, 11) is 0. The van der Waals surface area contributed by atoms with Gasteiger partial charge in [-0.25, -0.2) is 4.98 Å². The second kappa shape index (κ2) is 6.95. The third-order valence-electron chi connectivity index (χ3n) is 3.57. The zero-order valence-electron chi connectivity index (χ0n) is 13.2. The lowest BCUT2D eigenvalue weighted by Crippen LogP contribution is -2.25. The number of carbonyl (C=O) groups excluding carboxylic acids is 1. The van der Waals surface area contributed by atoms with Crippen molar-refractivity contribution in [1.29, 1.82) is 0 Å². The van der Waals surface area contributed by atoms with Crippen molar-refractivity contribution in [3.63, 3.8) is 0 Å². The highest BCUT2D eigenvalue weighted by atomic mass is 32.2. The Kier molecular flexibility index (Phi) is 4.76. The number of aromatic amines is 1. The number of H-pyrrole nitrogens is 1. The number of rotatable bonds is 6. The highest BCUT2D eigenvalue weighted by Crippen LogP contribution is 2.24. The highest BCUT2D eigenvalue weighted by molar-refractivity contribution is 7.99. The van der Waals surface area contributed by atoms with Gasteiger partial charge in [-0.2, -0.15) is 0 Å². The van der Waals surface area contributed by atoms with Crippen LogP contribution >= 0.6 is 11.8 Å². The molecule has 23 heavy (non-hydrogen) atoms. The summed E-state index contributed by atoms with van der Waals surface area (Å²) in [4.78, 5) is 19.4. The van der Waals surface area contributed by atoms with E-state index in [4.69, 9.17) is 0 Å². The maximum Gasteiger partial charge on any atom is 0.230 e. The van der Waals surface area contributed by atoms with Crippen molar-refractivity contribution in [1.82, 2.24) is 25.5 Å². The standard InChI is InChI=1S/C16H19N5OS/c1-3-7-17-13(22)9-23-16-19-15-14(20-21-16)11-8-10(4-2)5-6-12(11)18-15/h5-6,8H,3-4,7,9H2,1-2H3,(H,17,22)(H,18,19,21). The maximum atomic E-state index is 11.6. The molecule has 1 amide bonds. The Morgan fingerprint density at radius 2 is 2.17 bits per heavy atom. The molecule has 0 atom stereocenters. The van der Waals surface area contributed by atoms with E-state index in [1.54, 1.807) is 0 Å². The quantitative estimate of drug-likeness (QED) is 0.679. The van der Waals surface area contributed by atoms with E-state index >= 15 is 0 Å². The van der Waals surface area contributed by atoms with Crippen molar-refractivity contribution in [2.75, 3.05) is 12.3 Å². The van der Waals surface area contributed by atoms with Crippen LogP contribution in [0.5, 0.6) is 0 Å². The molecule has 0 aliphatic rings. The first-order valence-corrected chi connectivity index (χ1v) is 8.74. The van der Waals surface area contributed by atoms with E-state index in [1.807, 2.05) is 13.0 Å². The Bertz CT molecular complexity index is 845. The predicted octanol–water partition coefficient (Wildman–Crippen LogP) is 2.69. The fourth-order valence-electron chi connectivity index (χ4n) is 2.33. The fourth-order valence-corrected chi connectivity index (χ4v) is 2.95. The third kappa shape index (κ3) is 3.44. The number of benzene rings is 1. The Morgan fingerprint density at radius 1 is 1.30 bits per heavy atom. The minimum atomic E-state index is -0.00946. The Labute approximate surface area is 138 Å². The van der Waals surface area contributed by atoms with Gasteiger partial charge < -0.3 is 10.3 Å². The lowest BCUT2D eigenvalue weighted by Gasteiger charge is -2.01. The summed E-state index contributed by atoms with van der Waals surface area (Å²) in [5.74, 6) is 0.290. The predicted molar refractivity (Wildman–Crippen MR) is 92.6 cm³/mol. The Balaban J connectivity index is 1.82. The summed E-state index contributed by atoms with van der Waals surface area (Å²) >= 11 is 1.29. The largest absolute Gasteiger partial charge is 0.355 e. The first-order valence-electron chi connectivity index (χ1n) is 7.75. The molecule has 2 aromatic heterocycles. The molecule has 7 heteroatoms. The average Bonchev–Trinajstić information content (AvgIpc) is 2.94. The molecule has 3 aromatic rings. The summed E-state index contributed by atoms with van der Waals surface area (Å²) in [6.07, 6.45) is 1.90. The van der Waals surface area contributed by atoms with Crippen LogP contribution in [0.4, 0.5) is 0 Å². The van der Waals surface area contributed by atoms with Crippen LogP contribution in [-0.2, 0) is 11.2 Å². The molecule has 0 bridgehead atoms. The summed E-state index contributed by atoms with van der Waals surface area (Å²) < 4.78 is 0. The van der Waals surface area contributed by atoms with Crippen LogP contribution in [0.15, 0.2) is 23.4 Å². The van der Waals surface area contributed by atoms with Crippen LogP contribution in [0, 0.1) is 0 Å². The van der Waals surface area contributed by atoms with Crippen LogP contribution in [0.1, 0.15) is 25.8 Å². The molecular weight excluding hydrogens is 310 g/mol. The van der Waals surface area contributed by atoms with Gasteiger partial charge in [-0.3, -0.25) is 4.79 Å². The van der Waals surface area contributed by atoms with E-state index in [0.717, 1.165) is 29.3 Å². The first-order chi connectivity index (χ1) is 11.2. The maximum absolute atomic E-state index is 11.6. The molecule has 0 fully saturated rings. The smallest absolute Gasteiger partial charge is 0.230 e. The summed E-state index contributed by atoms with van der Waals surface area (Å²) in [6.45, 7) is 4.84. The van der Waals surface area contributed by atoms with E-state index in [2.05, 4.69) is 44.5 Å². The monoisotopic (exact) mass is 329 g/mol. The normalized spacial score (nSPS) is 11.2. The van der Waals surface area contributed by atoms with Gasteiger partial charge in [-0.1, -0.05) is 31.7 Å². The number of aryl methyl sites for hydroxylation is 1. The number of amides is 1. The third-order valence-corrected chi connectivity index (χ3v) is 4.41. The summed E-state index contributed by atoms with van der Waals surface area (Å²) in [5.41, 5.74) is 3.74. The SMILES string of the molecule is CCCNC(=O)CSc1nnc2c(n1)[nH]c1ccc(CC)cc12. The molecule has 0 unspecified atom stereocenters. The molecule has 0 radical (unpaired) electrons. The van der Waals surface area contributed by atoms with Crippen LogP contribution in [0.2, 0.25) is 0 Å². The van der Waals surface area contributed by atoms with Gasteiger partial charge in [-0.05, 0) is 30.5 Å². The molecule has 0 aliphatic carbocycles. The number of hydrogen-bond acceptors (Lipinski definition) is 5. The zero-order valence-corrected chi connectivity index (χ0v) is 14.0. The van der Waals surface area contributed by atoms with Crippen molar-refractivity contribution in [3.05, 3.63) is 23.8 Å². The minimum Gasteiger partial charge on any atom is -0.355 e. The van der Waals surface area contributed by atoms with E-state index in [0.29, 0.717) is 23.1 Å². The summed E-state index contributed by atoms with van der Waals surface area (Å²) in [6, 6.07) is 6.26. The molecule has 120 valence electrons. The van der Waals surface area contributed by atoms with Crippen molar-refractivity contribution in [2.45, 2.75) is 31.8 Å². The molecule has 6 nitrogen and oxygen atoms in total. The molecular formula is C16H19N5OS. The molecule has 1 aromatic carbocycles. The van der Waals surface area contributed by atoms with E-state index in [-0.39, 0.29) is 5.91 Å². The fraction of sp³-hybridized carbons (Fsp3) is 0.375. The average molecular weight is 329 g/mol. The number of nitrogens with one attached hydrogen (secondary N) is 2. The number of thioether (sulfide) groups is 1.